The van der Waals surface area contributed by atoms with Crippen molar-refractivity contribution >= 4 is 38.8 Å². The van der Waals surface area contributed by atoms with Crippen molar-refractivity contribution in [3.63, 3.8) is 0 Å². The number of aromatic nitrogens is 3. The van der Waals surface area contributed by atoms with Crippen LogP contribution in [-0.4, -0.2) is 50.2 Å². The van der Waals surface area contributed by atoms with Crippen LogP contribution in [0.2, 0.25) is 0 Å². The zero-order valence-corrected chi connectivity index (χ0v) is 22.7. The molecule has 0 saturated heterocycles. The van der Waals surface area contributed by atoms with Crippen molar-refractivity contribution in [2.24, 2.45) is 4.36 Å². The van der Waals surface area contributed by atoms with Gasteiger partial charge in [0, 0.05) is 40.0 Å². The van der Waals surface area contributed by atoms with Crippen LogP contribution in [0.1, 0.15) is 54.9 Å². The van der Waals surface area contributed by atoms with Gasteiger partial charge >= 0.3 is 0 Å². The molecule has 1 aliphatic carbocycles. The molecule has 2 N–H and O–H groups in total. The van der Waals surface area contributed by atoms with Gasteiger partial charge in [-0.3, -0.25) is 4.90 Å². The molecule has 2 aliphatic rings. The Morgan fingerprint density at radius 2 is 2.03 bits per heavy atom. The van der Waals surface area contributed by atoms with Crippen LogP contribution in [-0.2, 0) is 21.7 Å². The second-order valence-corrected chi connectivity index (χ2v) is 13.1. The number of likely N-dealkylation sites (N-methyl/N-ethyl adjacent to an activating group) is 1. The summed E-state index contributed by atoms with van der Waals surface area (Å²) in [6.07, 6.45) is 8.10. The molecule has 10 heteroatoms. The summed E-state index contributed by atoms with van der Waals surface area (Å²) in [5.74, 6) is 2.09. The van der Waals surface area contributed by atoms with E-state index in [9.17, 15) is 9.47 Å². The summed E-state index contributed by atoms with van der Waals surface area (Å²) < 4.78 is 16.2. The molecule has 0 spiro atoms. The van der Waals surface area contributed by atoms with Gasteiger partial charge in [0.05, 0.1) is 6.20 Å². The van der Waals surface area contributed by atoms with E-state index < -0.39 is 9.73 Å². The predicted octanol–water partition coefficient (Wildman–Crippen LogP) is 5.19. The molecule has 9 nitrogen and oxygen atoms in total. The Hall–Kier alpha value is -3.55. The second kappa shape index (κ2) is 9.39. The molecule has 1 atom stereocenters. The van der Waals surface area contributed by atoms with Gasteiger partial charge in [-0.15, -0.1) is 0 Å². The molecule has 0 fully saturated rings. The third kappa shape index (κ3) is 5.15. The molecular weight excluding hydrogens is 484 g/mol. The standard InChI is InChI=1S/C27H32N8OS/c1-27(2)21-13-20(12-17-8-6-9-18(24(17)21)16-35(27)3)30-26-29-15-19(14-28)25(33-26)32-22-10-7-11-23(31-22)34-37(4,5)36/h7,10-13,15,18H,6,8-9,16H2,1-5H3,(H2,29,30,31,32,33). The van der Waals surface area contributed by atoms with Gasteiger partial charge in [-0.1, -0.05) is 6.07 Å². The molecule has 1 aromatic carbocycles. The Morgan fingerprint density at radius 1 is 1.22 bits per heavy atom. The number of pyridine rings is 1. The van der Waals surface area contributed by atoms with E-state index in [-0.39, 0.29) is 11.1 Å². The minimum Gasteiger partial charge on any atom is -0.324 e. The van der Waals surface area contributed by atoms with Crippen molar-refractivity contribution in [2.75, 3.05) is 36.7 Å². The minimum absolute atomic E-state index is 0.0735. The zero-order valence-electron chi connectivity index (χ0n) is 21.9. The highest BCUT2D eigenvalue weighted by molar-refractivity contribution is 7.92. The number of nitrogens with zero attached hydrogens (tertiary/aromatic N) is 6. The molecule has 2 aromatic heterocycles. The first-order chi connectivity index (χ1) is 17.5. The van der Waals surface area contributed by atoms with Gasteiger partial charge in [0.1, 0.15) is 17.5 Å². The Morgan fingerprint density at radius 3 is 2.78 bits per heavy atom. The summed E-state index contributed by atoms with van der Waals surface area (Å²) in [5, 5.41) is 16.1. The number of rotatable bonds is 5. The molecule has 3 heterocycles. The lowest BCUT2D eigenvalue weighted by Gasteiger charge is -2.47. The molecule has 0 bridgehead atoms. The first kappa shape index (κ1) is 25.1. The summed E-state index contributed by atoms with van der Waals surface area (Å²) in [4.78, 5) is 15.8. The van der Waals surface area contributed by atoms with Crippen molar-refractivity contribution in [3.05, 3.63) is 58.8 Å². The summed E-state index contributed by atoms with van der Waals surface area (Å²) in [6.45, 7) is 5.64. The van der Waals surface area contributed by atoms with Crippen LogP contribution >= 0.6 is 0 Å². The van der Waals surface area contributed by atoms with Crippen LogP contribution in [0.5, 0.6) is 0 Å². The molecule has 37 heavy (non-hydrogen) atoms. The third-order valence-corrected chi connectivity index (χ3v) is 7.87. The van der Waals surface area contributed by atoms with E-state index in [4.69, 9.17) is 0 Å². The molecule has 1 unspecified atom stereocenters. The molecule has 0 radical (unpaired) electrons. The summed E-state index contributed by atoms with van der Waals surface area (Å²) >= 11 is 0. The van der Waals surface area contributed by atoms with E-state index in [0.717, 1.165) is 18.7 Å². The Balaban J connectivity index is 1.48. The number of nitrogens with one attached hydrogen (secondary N) is 2. The monoisotopic (exact) mass is 516 g/mol. The Kier molecular flexibility index (Phi) is 6.38. The summed E-state index contributed by atoms with van der Waals surface area (Å²) in [7, 11) is -0.148. The van der Waals surface area contributed by atoms with E-state index in [2.05, 4.69) is 73.9 Å². The maximum absolute atomic E-state index is 12.1. The van der Waals surface area contributed by atoms with Gasteiger partial charge in [-0.05, 0) is 87.0 Å². The highest BCUT2D eigenvalue weighted by Crippen LogP contribution is 2.46. The average Bonchev–Trinajstić information content (AvgIpc) is 2.82. The highest BCUT2D eigenvalue weighted by Gasteiger charge is 2.39. The lowest BCUT2D eigenvalue weighted by Crippen LogP contribution is -2.46. The van der Waals surface area contributed by atoms with Gasteiger partial charge in [0.2, 0.25) is 5.95 Å². The molecule has 1 aliphatic heterocycles. The van der Waals surface area contributed by atoms with Crippen LogP contribution < -0.4 is 10.6 Å². The Bertz CT molecular complexity index is 1530. The van der Waals surface area contributed by atoms with E-state index in [1.54, 1.807) is 30.7 Å². The van der Waals surface area contributed by atoms with Crippen molar-refractivity contribution in [1.29, 1.82) is 5.26 Å². The largest absolute Gasteiger partial charge is 0.324 e. The minimum atomic E-state index is -2.35. The lowest BCUT2D eigenvalue weighted by molar-refractivity contribution is 0.122. The van der Waals surface area contributed by atoms with Crippen LogP contribution in [0.25, 0.3) is 0 Å². The van der Waals surface area contributed by atoms with Gasteiger partial charge in [0.25, 0.3) is 0 Å². The quantitative estimate of drug-likeness (QED) is 0.475. The molecule has 0 saturated carbocycles. The SMILES string of the molecule is CN1CC2CCCc3cc(Nc4ncc(C#N)c(Nc5cccc(N=S(C)(C)=O)n5)n4)cc(c32)C1(C)C. The fourth-order valence-corrected chi connectivity index (χ4v) is 5.80. The number of hydrogen-bond donors (Lipinski definition) is 2. The summed E-state index contributed by atoms with van der Waals surface area (Å²) in [6, 6.07) is 11.8. The van der Waals surface area contributed by atoms with E-state index in [0.29, 0.717) is 29.3 Å². The number of hydrogen-bond acceptors (Lipinski definition) is 9. The van der Waals surface area contributed by atoms with Crippen LogP contribution in [0, 0.1) is 11.3 Å². The summed E-state index contributed by atoms with van der Waals surface area (Å²) in [5.41, 5.74) is 5.42. The maximum atomic E-state index is 12.1. The van der Waals surface area contributed by atoms with E-state index in [1.807, 2.05) is 0 Å². The predicted molar refractivity (Wildman–Crippen MR) is 147 cm³/mol. The highest BCUT2D eigenvalue weighted by atomic mass is 32.2. The van der Waals surface area contributed by atoms with Gasteiger partial charge in [0.15, 0.2) is 11.6 Å². The lowest BCUT2D eigenvalue weighted by atomic mass is 9.71. The number of aryl methyl sites for hydroxylation is 1. The maximum Gasteiger partial charge on any atom is 0.229 e. The topological polar surface area (TPSA) is 119 Å². The van der Waals surface area contributed by atoms with E-state index in [1.165, 1.54) is 35.7 Å². The first-order valence-corrected chi connectivity index (χ1v) is 14.7. The molecule has 3 aromatic rings. The smallest absolute Gasteiger partial charge is 0.229 e. The normalized spacial score (nSPS) is 18.4. The number of anilines is 4. The van der Waals surface area contributed by atoms with Gasteiger partial charge < -0.3 is 10.6 Å². The van der Waals surface area contributed by atoms with Crippen molar-refractivity contribution in [1.82, 2.24) is 19.9 Å². The number of benzene rings is 1. The first-order valence-electron chi connectivity index (χ1n) is 12.4. The fraction of sp³-hybridized carbons (Fsp3) is 0.407. The fourth-order valence-electron chi connectivity index (χ4n) is 5.25. The number of nitriles is 1. The van der Waals surface area contributed by atoms with Crippen molar-refractivity contribution in [2.45, 2.75) is 44.6 Å². The van der Waals surface area contributed by atoms with Gasteiger partial charge in [-0.25, -0.2) is 14.2 Å². The Labute approximate surface area is 218 Å². The third-order valence-electron chi connectivity index (χ3n) is 7.24. The van der Waals surface area contributed by atoms with Gasteiger partial charge in [-0.2, -0.15) is 14.6 Å². The molecular formula is C27H32N8OS. The zero-order chi connectivity index (χ0) is 26.4. The average molecular weight is 517 g/mol. The molecule has 192 valence electrons. The van der Waals surface area contributed by atoms with Crippen molar-refractivity contribution in [3.8, 4) is 6.07 Å². The second-order valence-electron chi connectivity index (χ2n) is 10.6. The van der Waals surface area contributed by atoms with Crippen LogP contribution in [0.3, 0.4) is 0 Å². The molecule has 5 rings (SSSR count). The van der Waals surface area contributed by atoms with Crippen LogP contribution in [0.4, 0.5) is 29.1 Å². The van der Waals surface area contributed by atoms with Crippen molar-refractivity contribution < 1.29 is 4.21 Å². The molecule has 0 amide bonds. The van der Waals surface area contributed by atoms with Crippen LogP contribution in [0.15, 0.2) is 40.9 Å². The van der Waals surface area contributed by atoms with E-state index >= 15 is 0 Å².